The molecule has 1 aromatic rings. The molecule has 13 heavy (non-hydrogen) atoms. The van der Waals surface area contributed by atoms with Gasteiger partial charge in [0.2, 0.25) is 0 Å². The second kappa shape index (κ2) is 4.79. The van der Waals surface area contributed by atoms with Crippen molar-refractivity contribution in [1.82, 2.24) is 4.98 Å². The maximum Gasteiger partial charge on any atom is 0.341 e. The Labute approximate surface area is 80.8 Å². The van der Waals surface area contributed by atoms with E-state index in [1.54, 1.807) is 18.5 Å². The van der Waals surface area contributed by atoms with E-state index in [0.717, 1.165) is 5.56 Å². The molecule has 1 rings (SSSR count). The van der Waals surface area contributed by atoms with E-state index in [4.69, 9.17) is 17.6 Å². The Balaban J connectivity index is 2.55. The van der Waals surface area contributed by atoms with E-state index >= 15 is 0 Å². The minimum atomic E-state index is -0.735. The molecule has 0 amide bonds. The summed E-state index contributed by atoms with van der Waals surface area (Å²) in [4.78, 5) is 14.7. The predicted octanol–water partition coefficient (Wildman–Crippen LogP) is 0.648. The highest BCUT2D eigenvalue weighted by Crippen LogP contribution is 2.01. The minimum absolute atomic E-state index is 0.374. The number of halogens is 1. The van der Waals surface area contributed by atoms with Crippen LogP contribution < -0.4 is 5.73 Å². The molecule has 0 saturated carbocycles. The Morgan fingerprint density at radius 1 is 1.77 bits per heavy atom. The van der Waals surface area contributed by atoms with E-state index in [9.17, 15) is 4.79 Å². The number of carbonyl (C=O) groups excluding carboxylic acids is 1. The maximum absolute atomic E-state index is 10.8. The predicted molar refractivity (Wildman–Crippen MR) is 47.9 cm³/mol. The SMILES string of the molecule is N[C@H](Cc1cccnc1)C(=O)OCl. The fraction of sp³-hybridized carbons (Fsp3) is 0.250. The molecule has 0 saturated heterocycles. The molecule has 5 heteroatoms. The van der Waals surface area contributed by atoms with Crippen molar-refractivity contribution in [2.75, 3.05) is 0 Å². The van der Waals surface area contributed by atoms with Gasteiger partial charge in [-0.3, -0.25) is 4.98 Å². The van der Waals surface area contributed by atoms with Crippen molar-refractivity contribution in [2.24, 2.45) is 5.73 Å². The molecule has 2 N–H and O–H groups in total. The first-order chi connectivity index (χ1) is 6.24. The quantitative estimate of drug-likeness (QED) is 0.778. The number of hydrogen-bond donors (Lipinski definition) is 1. The molecule has 0 bridgehead atoms. The van der Waals surface area contributed by atoms with Crippen LogP contribution in [0.1, 0.15) is 5.56 Å². The first-order valence-corrected chi connectivity index (χ1v) is 4.02. The molecule has 0 unspecified atom stereocenters. The van der Waals surface area contributed by atoms with Gasteiger partial charge in [-0.1, -0.05) is 6.07 Å². The molecule has 0 aliphatic carbocycles. The Morgan fingerprint density at radius 2 is 2.54 bits per heavy atom. The molecule has 1 aromatic heterocycles. The van der Waals surface area contributed by atoms with Crippen LogP contribution >= 0.6 is 11.9 Å². The number of nitrogens with two attached hydrogens (primary N) is 1. The van der Waals surface area contributed by atoms with E-state index in [1.807, 2.05) is 6.07 Å². The van der Waals surface area contributed by atoms with Crippen LogP contribution in [0.2, 0.25) is 0 Å². The van der Waals surface area contributed by atoms with E-state index < -0.39 is 12.0 Å². The van der Waals surface area contributed by atoms with Crippen molar-refractivity contribution >= 4 is 17.8 Å². The van der Waals surface area contributed by atoms with Gasteiger partial charge in [0.15, 0.2) is 0 Å². The Hall–Kier alpha value is -1.13. The van der Waals surface area contributed by atoms with Crippen LogP contribution in [0.4, 0.5) is 0 Å². The number of rotatable bonds is 3. The molecule has 0 fully saturated rings. The van der Waals surface area contributed by atoms with Crippen LogP contribution in [0.5, 0.6) is 0 Å². The van der Waals surface area contributed by atoms with Gasteiger partial charge in [-0.25, -0.2) is 4.79 Å². The Morgan fingerprint density at radius 3 is 3.08 bits per heavy atom. The average molecular weight is 201 g/mol. The lowest BCUT2D eigenvalue weighted by Crippen LogP contribution is -2.32. The van der Waals surface area contributed by atoms with Gasteiger partial charge in [-0.15, -0.1) is 0 Å². The van der Waals surface area contributed by atoms with Gasteiger partial charge in [-0.05, 0) is 18.1 Å². The number of pyridine rings is 1. The number of nitrogens with zero attached hydrogens (tertiary/aromatic N) is 1. The smallest absolute Gasteiger partial charge is 0.341 e. The Kier molecular flexibility index (Phi) is 3.67. The van der Waals surface area contributed by atoms with Crippen molar-refractivity contribution in [3.05, 3.63) is 30.1 Å². The summed E-state index contributed by atoms with van der Waals surface area (Å²) in [5.41, 5.74) is 6.35. The van der Waals surface area contributed by atoms with Gasteiger partial charge in [0.25, 0.3) is 0 Å². The molecular weight excluding hydrogens is 192 g/mol. The van der Waals surface area contributed by atoms with Crippen LogP contribution in [0.25, 0.3) is 0 Å². The molecule has 4 nitrogen and oxygen atoms in total. The van der Waals surface area contributed by atoms with E-state index in [0.29, 0.717) is 6.42 Å². The summed E-state index contributed by atoms with van der Waals surface area (Å²) < 4.78 is 3.97. The van der Waals surface area contributed by atoms with Gasteiger partial charge in [0.1, 0.15) is 17.9 Å². The summed E-state index contributed by atoms with van der Waals surface area (Å²) in [5, 5.41) is 0. The van der Waals surface area contributed by atoms with Crippen LogP contribution in [0.15, 0.2) is 24.5 Å². The lowest BCUT2D eigenvalue weighted by molar-refractivity contribution is -0.135. The third-order valence-electron chi connectivity index (χ3n) is 1.56. The number of aromatic nitrogens is 1. The van der Waals surface area contributed by atoms with Gasteiger partial charge in [0.05, 0.1) is 0 Å². The van der Waals surface area contributed by atoms with E-state index in [-0.39, 0.29) is 0 Å². The summed E-state index contributed by atoms with van der Waals surface area (Å²) in [5.74, 6) is -0.634. The van der Waals surface area contributed by atoms with Gasteiger partial charge in [0, 0.05) is 12.4 Å². The highest BCUT2D eigenvalue weighted by atomic mass is 35.5. The summed E-state index contributed by atoms with van der Waals surface area (Å²) in [6, 6.07) is 2.87. The van der Waals surface area contributed by atoms with Crippen LogP contribution in [0, 0.1) is 0 Å². The lowest BCUT2D eigenvalue weighted by atomic mass is 10.1. The van der Waals surface area contributed by atoms with Crippen molar-refractivity contribution in [1.29, 1.82) is 0 Å². The zero-order chi connectivity index (χ0) is 9.68. The average Bonchev–Trinajstić information content (AvgIpc) is 2.18. The van der Waals surface area contributed by atoms with Crippen LogP contribution in [0.3, 0.4) is 0 Å². The molecule has 1 heterocycles. The number of carbonyl (C=O) groups is 1. The van der Waals surface area contributed by atoms with Crippen molar-refractivity contribution in [2.45, 2.75) is 12.5 Å². The summed E-state index contributed by atoms with van der Waals surface area (Å²) in [6.07, 6.45) is 3.66. The normalized spacial score (nSPS) is 12.2. The van der Waals surface area contributed by atoms with E-state index in [1.165, 1.54) is 0 Å². The highest BCUT2D eigenvalue weighted by Gasteiger charge is 2.14. The standard InChI is InChI=1S/C8H9ClN2O2/c9-13-8(12)7(10)4-6-2-1-3-11-5-6/h1-3,5,7H,4,10H2/t7-/m1/s1. The molecule has 1 atom stereocenters. The first kappa shape index (κ1) is 9.95. The fourth-order valence-electron chi connectivity index (χ4n) is 0.913. The maximum atomic E-state index is 10.8. The third kappa shape index (κ3) is 3.01. The van der Waals surface area contributed by atoms with Crippen LogP contribution in [-0.2, 0) is 15.5 Å². The Bertz CT molecular complexity index is 279. The first-order valence-electron chi connectivity index (χ1n) is 3.71. The highest BCUT2D eigenvalue weighted by molar-refractivity contribution is 6.13. The summed E-state index contributed by atoms with van der Waals surface area (Å²) in [6.45, 7) is 0. The molecule has 0 spiro atoms. The molecular formula is C8H9ClN2O2. The fourth-order valence-corrected chi connectivity index (χ4v) is 1.03. The van der Waals surface area contributed by atoms with Crippen molar-refractivity contribution in [3.63, 3.8) is 0 Å². The van der Waals surface area contributed by atoms with Gasteiger partial charge >= 0.3 is 5.97 Å². The number of hydrogen-bond acceptors (Lipinski definition) is 4. The van der Waals surface area contributed by atoms with Gasteiger partial charge < -0.3 is 10.0 Å². The van der Waals surface area contributed by atoms with Gasteiger partial charge in [-0.2, -0.15) is 0 Å². The topological polar surface area (TPSA) is 65.2 Å². The molecule has 0 aromatic carbocycles. The van der Waals surface area contributed by atoms with E-state index in [2.05, 4.69) is 9.27 Å². The molecule has 0 aliphatic heterocycles. The zero-order valence-electron chi connectivity index (χ0n) is 6.81. The largest absolute Gasteiger partial charge is 0.346 e. The second-order valence-corrected chi connectivity index (χ2v) is 2.72. The monoisotopic (exact) mass is 200 g/mol. The van der Waals surface area contributed by atoms with Crippen molar-refractivity contribution in [3.8, 4) is 0 Å². The molecule has 0 aliphatic rings. The second-order valence-electron chi connectivity index (χ2n) is 2.57. The summed E-state index contributed by atoms with van der Waals surface area (Å²) in [7, 11) is 0. The van der Waals surface area contributed by atoms with Crippen molar-refractivity contribution < 1.29 is 9.08 Å². The minimum Gasteiger partial charge on any atom is -0.346 e. The lowest BCUT2D eigenvalue weighted by Gasteiger charge is -2.06. The molecule has 70 valence electrons. The third-order valence-corrected chi connectivity index (χ3v) is 1.71. The van der Waals surface area contributed by atoms with Crippen LogP contribution in [-0.4, -0.2) is 17.0 Å². The zero-order valence-corrected chi connectivity index (χ0v) is 7.57. The molecule has 0 radical (unpaired) electrons. The summed E-state index contributed by atoms with van der Waals surface area (Å²) >= 11 is 4.87.